The Morgan fingerprint density at radius 2 is 1.38 bits per heavy atom. The number of rotatable bonds is 3. The van der Waals surface area contributed by atoms with Crippen molar-refractivity contribution in [1.29, 1.82) is 0 Å². The molecule has 26 heavy (non-hydrogen) atoms. The minimum Gasteiger partial charge on any atom is -0.409 e. The third kappa shape index (κ3) is 7.06. The van der Waals surface area contributed by atoms with Crippen LogP contribution in [0, 0.1) is 12.5 Å². The van der Waals surface area contributed by atoms with Crippen LogP contribution in [0.4, 0.5) is 0 Å². The average Bonchev–Trinajstić information content (AvgIpc) is 2.60. The maximum atomic E-state index is 11.1. The van der Waals surface area contributed by atoms with Gasteiger partial charge in [0.1, 0.15) is 5.84 Å². The number of oxime groups is 1. The summed E-state index contributed by atoms with van der Waals surface area (Å²) in [5.74, 6) is 0.191. The van der Waals surface area contributed by atoms with Crippen LogP contribution in [0.15, 0.2) is 5.16 Å². The number of hydrogen-bond acceptors (Lipinski definition) is 6. The zero-order valence-electron chi connectivity index (χ0n) is 15.1. The molecule has 0 amide bonds. The van der Waals surface area contributed by atoms with Gasteiger partial charge in [0.05, 0.1) is 12.5 Å². The molecule has 2 aliphatic heterocycles. The average molecular weight is 410 g/mol. The van der Waals surface area contributed by atoms with Gasteiger partial charge in [-0.2, -0.15) is 0 Å². The third-order valence-electron chi connectivity index (χ3n) is 4.53. The molecule has 150 valence electrons. The van der Waals surface area contributed by atoms with E-state index < -0.39 is 20.0 Å². The fourth-order valence-corrected chi connectivity index (χ4v) is 4.62. The van der Waals surface area contributed by atoms with E-state index in [2.05, 4.69) is 10.0 Å². The lowest BCUT2D eigenvalue weighted by Crippen LogP contribution is -2.41. The molecular formula is C14H27N5O5S2. The van der Waals surface area contributed by atoms with Gasteiger partial charge in [0.2, 0.25) is 26.1 Å². The molecule has 0 atom stereocenters. The van der Waals surface area contributed by atoms with Crippen LogP contribution in [0.25, 0.3) is 4.85 Å². The molecule has 0 bridgehead atoms. The highest BCUT2D eigenvalue weighted by molar-refractivity contribution is 7.88. The Morgan fingerprint density at radius 1 is 1.00 bits per heavy atom. The van der Waals surface area contributed by atoms with Gasteiger partial charge < -0.3 is 15.8 Å². The zero-order chi connectivity index (χ0) is 20.0. The first-order chi connectivity index (χ1) is 12.0. The Hall–Kier alpha value is -1.42. The van der Waals surface area contributed by atoms with Crippen molar-refractivity contribution in [2.75, 3.05) is 38.7 Å². The summed E-state index contributed by atoms with van der Waals surface area (Å²) in [5.41, 5.74) is 5.43. The minimum absolute atomic E-state index is 0.00185. The van der Waals surface area contributed by atoms with Gasteiger partial charge in [0.25, 0.3) is 0 Å². The van der Waals surface area contributed by atoms with Gasteiger partial charge in [-0.1, -0.05) is 5.16 Å². The molecule has 3 N–H and O–H groups in total. The summed E-state index contributed by atoms with van der Waals surface area (Å²) in [5, 5.41) is 11.4. The highest BCUT2D eigenvalue weighted by Crippen LogP contribution is 2.19. The van der Waals surface area contributed by atoms with Crippen molar-refractivity contribution in [1.82, 2.24) is 8.61 Å². The summed E-state index contributed by atoms with van der Waals surface area (Å²) < 4.78 is 47.2. The summed E-state index contributed by atoms with van der Waals surface area (Å²) in [6.45, 7) is 8.68. The lowest BCUT2D eigenvalue weighted by atomic mass is 9.97. The van der Waals surface area contributed by atoms with E-state index in [9.17, 15) is 16.8 Å². The fourth-order valence-electron chi connectivity index (χ4n) is 2.87. The maximum absolute atomic E-state index is 11.1. The summed E-state index contributed by atoms with van der Waals surface area (Å²) in [4.78, 5) is 3.39. The van der Waals surface area contributed by atoms with E-state index in [-0.39, 0.29) is 17.8 Å². The summed E-state index contributed by atoms with van der Waals surface area (Å²) in [7, 11) is -6.12. The van der Waals surface area contributed by atoms with E-state index in [1.54, 1.807) is 0 Å². The molecule has 2 fully saturated rings. The molecule has 2 rings (SSSR count). The maximum Gasteiger partial charge on any atom is 0.226 e. The number of nitrogens with two attached hydrogens (primary N) is 1. The Morgan fingerprint density at radius 3 is 1.69 bits per heavy atom. The molecule has 2 saturated heterocycles. The first-order valence-electron chi connectivity index (χ1n) is 8.23. The highest BCUT2D eigenvalue weighted by atomic mass is 32.2. The van der Waals surface area contributed by atoms with Crippen LogP contribution in [0.5, 0.6) is 0 Å². The van der Waals surface area contributed by atoms with Crippen LogP contribution in [-0.4, -0.2) is 81.2 Å². The predicted octanol–water partition coefficient (Wildman–Crippen LogP) is -0.266. The molecule has 0 aromatic carbocycles. The van der Waals surface area contributed by atoms with Crippen LogP contribution in [-0.2, 0) is 20.0 Å². The number of sulfonamides is 2. The first-order valence-corrected chi connectivity index (χ1v) is 11.9. The first kappa shape index (κ1) is 22.6. The Balaban J connectivity index is 0.000000263. The zero-order valence-corrected chi connectivity index (χ0v) is 16.7. The molecule has 12 heteroatoms. The van der Waals surface area contributed by atoms with Crippen LogP contribution in [0.1, 0.15) is 25.7 Å². The lowest BCUT2D eigenvalue weighted by Gasteiger charge is -2.29. The Bertz CT molecular complexity index is 728. The van der Waals surface area contributed by atoms with E-state index >= 15 is 0 Å². The number of hydrogen-bond donors (Lipinski definition) is 2. The van der Waals surface area contributed by atoms with Crippen molar-refractivity contribution in [2.45, 2.75) is 31.7 Å². The molecule has 0 saturated carbocycles. The van der Waals surface area contributed by atoms with Crippen molar-refractivity contribution >= 4 is 25.9 Å². The lowest BCUT2D eigenvalue weighted by molar-refractivity contribution is 0.292. The van der Waals surface area contributed by atoms with E-state index in [1.165, 1.54) is 21.1 Å². The van der Waals surface area contributed by atoms with Gasteiger partial charge in [-0.05, 0) is 12.8 Å². The molecule has 2 heterocycles. The van der Waals surface area contributed by atoms with Crippen molar-refractivity contribution in [3.8, 4) is 0 Å². The van der Waals surface area contributed by atoms with E-state index in [0.29, 0.717) is 51.9 Å². The van der Waals surface area contributed by atoms with Crippen LogP contribution in [0.2, 0.25) is 0 Å². The Kier molecular flexibility index (Phi) is 8.26. The molecule has 0 aliphatic carbocycles. The summed E-state index contributed by atoms with van der Waals surface area (Å²) >= 11 is 0. The van der Waals surface area contributed by atoms with Crippen LogP contribution in [0.3, 0.4) is 0 Å². The molecular weight excluding hydrogens is 382 g/mol. The smallest absolute Gasteiger partial charge is 0.226 e. The third-order valence-corrected chi connectivity index (χ3v) is 7.14. The predicted molar refractivity (Wildman–Crippen MR) is 98.6 cm³/mol. The van der Waals surface area contributed by atoms with Crippen LogP contribution < -0.4 is 5.73 Å². The molecule has 0 aromatic rings. The fraction of sp³-hybridized carbons (Fsp3) is 0.857. The standard InChI is InChI=1S/C7H15N3O3S.C7H12N2O2S/c1-14(12,13)10-4-2-6(3-5-10)7(8)9-11;1-8-7-3-5-9(6-4-7)12(2,10)11/h6,11H,2-5H2,1H3,(H2,8,9);7H,3-6H2,2H3. The van der Waals surface area contributed by atoms with Crippen molar-refractivity contribution in [3.63, 3.8) is 0 Å². The van der Waals surface area contributed by atoms with E-state index in [0.717, 1.165) is 0 Å². The van der Waals surface area contributed by atoms with Crippen molar-refractivity contribution in [2.24, 2.45) is 16.8 Å². The van der Waals surface area contributed by atoms with Gasteiger partial charge in [-0.15, -0.1) is 0 Å². The largest absolute Gasteiger partial charge is 0.409 e. The summed E-state index contributed by atoms with van der Waals surface area (Å²) in [6.07, 6.45) is 4.99. The molecule has 0 spiro atoms. The highest BCUT2D eigenvalue weighted by Gasteiger charge is 2.28. The van der Waals surface area contributed by atoms with E-state index in [1.807, 2.05) is 0 Å². The van der Waals surface area contributed by atoms with Crippen molar-refractivity contribution < 1.29 is 22.0 Å². The summed E-state index contributed by atoms with van der Waals surface area (Å²) in [6, 6.07) is 0.0306. The van der Waals surface area contributed by atoms with Gasteiger partial charge in [0.15, 0.2) is 0 Å². The molecule has 2 aliphatic rings. The monoisotopic (exact) mass is 409 g/mol. The molecule has 0 unspecified atom stereocenters. The van der Waals surface area contributed by atoms with Crippen LogP contribution >= 0.6 is 0 Å². The second-order valence-corrected chi connectivity index (χ2v) is 10.4. The number of piperidine rings is 2. The SMILES string of the molecule is CS(=O)(=O)N1CCC(/C(N)=N/O)CC1.[C-]#[N+]C1CCN(S(C)(=O)=O)CC1. The Labute approximate surface area is 155 Å². The van der Waals surface area contributed by atoms with E-state index in [4.69, 9.17) is 17.5 Å². The number of nitrogens with zero attached hydrogens (tertiary/aromatic N) is 4. The number of amidine groups is 1. The van der Waals surface area contributed by atoms with Gasteiger partial charge >= 0.3 is 0 Å². The van der Waals surface area contributed by atoms with Gasteiger partial charge in [-0.3, -0.25) is 0 Å². The normalized spacial score (nSPS) is 22.3. The second-order valence-electron chi connectivity index (χ2n) is 6.48. The second kappa shape index (κ2) is 9.50. The van der Waals surface area contributed by atoms with Gasteiger partial charge in [0, 0.05) is 44.9 Å². The topological polar surface area (TPSA) is 138 Å². The molecule has 0 radical (unpaired) electrons. The quantitative estimate of drug-likeness (QED) is 0.216. The minimum atomic E-state index is -3.09. The molecule has 0 aromatic heterocycles. The molecule has 10 nitrogen and oxygen atoms in total. The van der Waals surface area contributed by atoms with Crippen molar-refractivity contribution in [3.05, 3.63) is 11.4 Å². The van der Waals surface area contributed by atoms with Gasteiger partial charge in [-0.25, -0.2) is 32.0 Å².